The van der Waals surface area contributed by atoms with Gasteiger partial charge in [-0.25, -0.2) is 0 Å². The van der Waals surface area contributed by atoms with Crippen molar-refractivity contribution in [2.24, 2.45) is 0 Å². The molecule has 0 heterocycles. The van der Waals surface area contributed by atoms with Crippen molar-refractivity contribution in [1.29, 1.82) is 0 Å². The zero-order valence-corrected chi connectivity index (χ0v) is 9.08. The van der Waals surface area contributed by atoms with Crippen molar-refractivity contribution in [3.63, 3.8) is 0 Å². The number of nitrogens with one attached hydrogen (secondary N) is 1. The molecule has 1 N–H and O–H groups in total. The summed E-state index contributed by atoms with van der Waals surface area (Å²) in [7, 11) is 2.86. The minimum atomic E-state index is -0.351. The summed E-state index contributed by atoms with van der Waals surface area (Å²) in [6.07, 6.45) is 0.167. The van der Waals surface area contributed by atoms with Crippen molar-refractivity contribution in [3.8, 4) is 0 Å². The third-order valence-electron chi connectivity index (χ3n) is 1.54. The Morgan fingerprint density at radius 3 is 2.53 bits per heavy atom. The minimum Gasteiger partial charge on any atom is -0.469 e. The largest absolute Gasteiger partial charge is 0.469 e. The van der Waals surface area contributed by atoms with E-state index < -0.39 is 0 Å². The monoisotopic (exact) mass is 219 g/mol. The van der Waals surface area contributed by atoms with Gasteiger partial charge in [0.05, 0.1) is 26.7 Å². The normalized spacial score (nSPS) is 9.73. The summed E-state index contributed by atoms with van der Waals surface area (Å²) < 4.78 is 14.1. The second-order valence-electron chi connectivity index (χ2n) is 2.72. The molecular weight excluding hydrogens is 202 g/mol. The molecule has 15 heavy (non-hydrogen) atoms. The Morgan fingerprint density at radius 1 is 1.20 bits per heavy atom. The molecule has 0 rings (SSSR count). The average Bonchev–Trinajstić information content (AvgIpc) is 2.24. The molecule has 0 radical (unpaired) electrons. The molecule has 0 bridgehead atoms. The fourth-order valence-electron chi connectivity index (χ4n) is 0.764. The molecule has 1 amide bonds. The van der Waals surface area contributed by atoms with E-state index in [4.69, 9.17) is 9.47 Å². The summed E-state index contributed by atoms with van der Waals surface area (Å²) >= 11 is 0. The van der Waals surface area contributed by atoms with E-state index in [2.05, 4.69) is 10.1 Å². The number of hydrogen-bond acceptors (Lipinski definition) is 5. The van der Waals surface area contributed by atoms with Crippen LogP contribution >= 0.6 is 0 Å². The second-order valence-corrected chi connectivity index (χ2v) is 2.72. The Labute approximate surface area is 88.9 Å². The summed E-state index contributed by atoms with van der Waals surface area (Å²) in [5, 5.41) is 2.52. The number of carbonyl (C=O) groups is 2. The van der Waals surface area contributed by atoms with E-state index in [1.54, 1.807) is 7.11 Å². The minimum absolute atomic E-state index is 0.0233. The van der Waals surface area contributed by atoms with Crippen LogP contribution in [-0.2, 0) is 23.8 Å². The predicted octanol–water partition coefficient (Wildman–Crippen LogP) is -0.671. The summed E-state index contributed by atoms with van der Waals surface area (Å²) in [4.78, 5) is 21.7. The van der Waals surface area contributed by atoms with Gasteiger partial charge in [0.1, 0.15) is 6.61 Å². The number of esters is 1. The van der Waals surface area contributed by atoms with Crippen molar-refractivity contribution in [1.82, 2.24) is 5.32 Å². The van der Waals surface area contributed by atoms with Gasteiger partial charge in [0, 0.05) is 13.7 Å². The van der Waals surface area contributed by atoms with E-state index in [0.717, 1.165) is 0 Å². The van der Waals surface area contributed by atoms with E-state index in [1.165, 1.54) is 7.11 Å². The SMILES string of the molecule is COCCOCC(=O)NCCC(=O)OC. The lowest BCUT2D eigenvalue weighted by molar-refractivity contribution is -0.140. The van der Waals surface area contributed by atoms with Gasteiger partial charge in [0.2, 0.25) is 5.91 Å². The first-order valence-electron chi connectivity index (χ1n) is 4.61. The molecule has 0 saturated carbocycles. The lowest BCUT2D eigenvalue weighted by Crippen LogP contribution is -2.30. The Balaban J connectivity index is 3.29. The molecule has 0 aliphatic heterocycles. The summed E-state index contributed by atoms with van der Waals surface area (Å²) in [5.41, 5.74) is 0. The van der Waals surface area contributed by atoms with Crippen LogP contribution in [0, 0.1) is 0 Å². The van der Waals surface area contributed by atoms with Gasteiger partial charge in [0.25, 0.3) is 0 Å². The quantitative estimate of drug-likeness (QED) is 0.433. The highest BCUT2D eigenvalue weighted by molar-refractivity contribution is 5.78. The molecule has 0 spiro atoms. The highest BCUT2D eigenvalue weighted by Crippen LogP contribution is 1.82. The smallest absolute Gasteiger partial charge is 0.307 e. The fourth-order valence-corrected chi connectivity index (χ4v) is 0.764. The molecule has 6 heteroatoms. The predicted molar refractivity (Wildman–Crippen MR) is 52.3 cm³/mol. The van der Waals surface area contributed by atoms with Crippen LogP contribution < -0.4 is 5.32 Å². The number of ether oxygens (including phenoxy) is 3. The zero-order chi connectivity index (χ0) is 11.5. The molecule has 0 aromatic carbocycles. The van der Waals surface area contributed by atoms with Crippen molar-refractivity contribution in [3.05, 3.63) is 0 Å². The maximum absolute atomic E-state index is 11.0. The number of amides is 1. The molecule has 0 aromatic heterocycles. The molecule has 0 aliphatic carbocycles. The number of rotatable bonds is 8. The third kappa shape index (κ3) is 9.17. The van der Waals surface area contributed by atoms with Gasteiger partial charge in [-0.15, -0.1) is 0 Å². The Kier molecular flexibility index (Phi) is 8.70. The van der Waals surface area contributed by atoms with Gasteiger partial charge in [-0.05, 0) is 0 Å². The summed E-state index contributed by atoms with van der Waals surface area (Å²) in [6, 6.07) is 0. The van der Waals surface area contributed by atoms with Gasteiger partial charge in [0.15, 0.2) is 0 Å². The van der Waals surface area contributed by atoms with Crippen molar-refractivity contribution < 1.29 is 23.8 Å². The van der Waals surface area contributed by atoms with E-state index >= 15 is 0 Å². The molecular formula is C9H17NO5. The number of methoxy groups -OCH3 is 2. The van der Waals surface area contributed by atoms with Gasteiger partial charge < -0.3 is 19.5 Å². The van der Waals surface area contributed by atoms with Crippen LogP contribution in [0.15, 0.2) is 0 Å². The van der Waals surface area contributed by atoms with Gasteiger partial charge in [-0.3, -0.25) is 9.59 Å². The number of hydrogen-bond donors (Lipinski definition) is 1. The van der Waals surface area contributed by atoms with Gasteiger partial charge >= 0.3 is 5.97 Å². The standard InChI is InChI=1S/C9H17NO5/c1-13-5-6-15-7-8(11)10-4-3-9(12)14-2/h3-7H2,1-2H3,(H,10,11). The molecule has 0 unspecified atom stereocenters. The van der Waals surface area contributed by atoms with Gasteiger partial charge in [-0.1, -0.05) is 0 Å². The Hall–Kier alpha value is -1.14. The molecule has 88 valence electrons. The maximum atomic E-state index is 11.0. The highest BCUT2D eigenvalue weighted by atomic mass is 16.5. The first kappa shape index (κ1) is 13.9. The maximum Gasteiger partial charge on any atom is 0.307 e. The molecule has 6 nitrogen and oxygen atoms in total. The van der Waals surface area contributed by atoms with Crippen LogP contribution in [0.5, 0.6) is 0 Å². The van der Waals surface area contributed by atoms with E-state index in [1.807, 2.05) is 0 Å². The first-order chi connectivity index (χ1) is 7.20. The van der Waals surface area contributed by atoms with E-state index in [-0.39, 0.29) is 31.4 Å². The molecule has 0 saturated heterocycles. The average molecular weight is 219 g/mol. The van der Waals surface area contributed by atoms with Crippen LogP contribution in [0.4, 0.5) is 0 Å². The Morgan fingerprint density at radius 2 is 1.93 bits per heavy atom. The molecule has 0 aliphatic rings. The lowest BCUT2D eigenvalue weighted by atomic mass is 10.4. The van der Waals surface area contributed by atoms with Crippen LogP contribution in [0.1, 0.15) is 6.42 Å². The van der Waals surface area contributed by atoms with Crippen LogP contribution in [0.3, 0.4) is 0 Å². The second kappa shape index (κ2) is 9.42. The van der Waals surface area contributed by atoms with Crippen LogP contribution in [0.2, 0.25) is 0 Å². The Bertz CT molecular complexity index is 195. The first-order valence-corrected chi connectivity index (χ1v) is 4.61. The lowest BCUT2D eigenvalue weighted by Gasteiger charge is -2.05. The van der Waals surface area contributed by atoms with Crippen molar-refractivity contribution in [2.75, 3.05) is 40.6 Å². The summed E-state index contributed by atoms with van der Waals surface area (Å²) in [5.74, 6) is -0.606. The van der Waals surface area contributed by atoms with Crippen molar-refractivity contribution in [2.45, 2.75) is 6.42 Å². The van der Waals surface area contributed by atoms with E-state index in [9.17, 15) is 9.59 Å². The van der Waals surface area contributed by atoms with Crippen LogP contribution in [0.25, 0.3) is 0 Å². The topological polar surface area (TPSA) is 73.9 Å². The molecule has 0 atom stereocenters. The summed E-state index contributed by atoms with van der Waals surface area (Å²) in [6.45, 7) is 1.07. The zero-order valence-electron chi connectivity index (χ0n) is 9.08. The van der Waals surface area contributed by atoms with E-state index in [0.29, 0.717) is 13.2 Å². The van der Waals surface area contributed by atoms with Gasteiger partial charge in [-0.2, -0.15) is 0 Å². The third-order valence-corrected chi connectivity index (χ3v) is 1.54. The number of carbonyl (C=O) groups excluding carboxylic acids is 2. The fraction of sp³-hybridized carbons (Fsp3) is 0.778. The van der Waals surface area contributed by atoms with Crippen molar-refractivity contribution >= 4 is 11.9 Å². The molecule has 0 fully saturated rings. The van der Waals surface area contributed by atoms with Crippen LogP contribution in [-0.4, -0.2) is 52.5 Å². The highest BCUT2D eigenvalue weighted by Gasteiger charge is 2.03. The molecule has 0 aromatic rings.